The van der Waals surface area contributed by atoms with Crippen LogP contribution in [0.4, 0.5) is 4.39 Å². The molecule has 0 aliphatic carbocycles. The molecule has 2 rings (SSSR count). The number of hydrogen-bond donors (Lipinski definition) is 0. The summed E-state index contributed by atoms with van der Waals surface area (Å²) in [6.45, 7) is 4.24. The number of nitrogens with zero attached hydrogens (tertiary/aromatic N) is 1. The Balaban J connectivity index is 2.31. The molecule has 1 unspecified atom stereocenters. The van der Waals surface area contributed by atoms with Crippen LogP contribution in [0, 0.1) is 11.7 Å². The van der Waals surface area contributed by atoms with E-state index in [-0.39, 0.29) is 17.5 Å². The van der Waals surface area contributed by atoms with Crippen LogP contribution in [0.2, 0.25) is 0 Å². The van der Waals surface area contributed by atoms with E-state index in [4.69, 9.17) is 0 Å². The number of Topliss-reactive ketones (excluding diaryl/α,β-unsaturated/α-hetero) is 1. The van der Waals surface area contributed by atoms with Gasteiger partial charge in [-0.05, 0) is 24.6 Å². The summed E-state index contributed by atoms with van der Waals surface area (Å²) in [5.41, 5.74) is 0.779. The van der Waals surface area contributed by atoms with Gasteiger partial charge in [-0.25, -0.2) is 4.39 Å². The Bertz CT molecular complexity index is 544. The molecular weight excluding hydrogens is 217 g/mol. The van der Waals surface area contributed by atoms with Crippen LogP contribution in [0.15, 0.2) is 30.5 Å². The minimum absolute atomic E-state index is 0.0565. The third-order valence-electron chi connectivity index (χ3n) is 3.25. The van der Waals surface area contributed by atoms with Crippen molar-refractivity contribution in [2.24, 2.45) is 5.92 Å². The lowest BCUT2D eigenvalue weighted by molar-refractivity contribution is -0.122. The van der Waals surface area contributed by atoms with Gasteiger partial charge >= 0.3 is 0 Å². The molecule has 0 bridgehead atoms. The highest BCUT2D eigenvalue weighted by atomic mass is 19.1. The summed E-state index contributed by atoms with van der Waals surface area (Å²) >= 11 is 0. The third kappa shape index (κ3) is 2.23. The molecule has 0 saturated carbocycles. The molecule has 3 heteroatoms. The van der Waals surface area contributed by atoms with Gasteiger partial charge in [-0.1, -0.05) is 19.9 Å². The summed E-state index contributed by atoms with van der Waals surface area (Å²) in [4.78, 5) is 11.9. The van der Waals surface area contributed by atoms with Gasteiger partial charge in [0, 0.05) is 17.5 Å². The smallest absolute Gasteiger partial charge is 0.155 e. The summed E-state index contributed by atoms with van der Waals surface area (Å²) in [5, 5.41) is 0.574. The largest absolute Gasteiger partial charge is 0.340 e. The number of fused-ring (bicyclic) bond motifs is 1. The zero-order chi connectivity index (χ0) is 12.4. The Morgan fingerprint density at radius 1 is 1.41 bits per heavy atom. The molecule has 0 aliphatic heterocycles. The first-order valence-corrected chi connectivity index (χ1v) is 5.89. The van der Waals surface area contributed by atoms with Crippen molar-refractivity contribution in [3.63, 3.8) is 0 Å². The Morgan fingerprint density at radius 3 is 2.88 bits per heavy atom. The summed E-state index contributed by atoms with van der Waals surface area (Å²) in [6, 6.07) is 6.65. The van der Waals surface area contributed by atoms with E-state index in [0.29, 0.717) is 11.9 Å². The molecule has 0 fully saturated rings. The van der Waals surface area contributed by atoms with Crippen molar-refractivity contribution >= 4 is 16.7 Å². The van der Waals surface area contributed by atoms with Crippen molar-refractivity contribution in [2.45, 2.75) is 26.8 Å². The van der Waals surface area contributed by atoms with Crippen LogP contribution in [-0.4, -0.2) is 10.4 Å². The van der Waals surface area contributed by atoms with Gasteiger partial charge in [-0.3, -0.25) is 4.79 Å². The number of carbonyl (C=O) groups is 1. The Labute approximate surface area is 100 Å². The van der Waals surface area contributed by atoms with Crippen LogP contribution >= 0.6 is 0 Å². The van der Waals surface area contributed by atoms with Crippen molar-refractivity contribution in [1.29, 1.82) is 0 Å². The number of carbonyl (C=O) groups excluding carboxylic acids is 1. The Morgan fingerprint density at radius 2 is 2.18 bits per heavy atom. The van der Waals surface area contributed by atoms with Crippen LogP contribution < -0.4 is 0 Å². The number of hydrogen-bond acceptors (Lipinski definition) is 1. The van der Waals surface area contributed by atoms with Gasteiger partial charge in [0.2, 0.25) is 0 Å². The van der Waals surface area contributed by atoms with E-state index in [0.717, 1.165) is 11.9 Å². The first kappa shape index (κ1) is 11.8. The summed E-state index contributed by atoms with van der Waals surface area (Å²) in [5.74, 6) is 0.00695. The van der Waals surface area contributed by atoms with Crippen LogP contribution in [0.5, 0.6) is 0 Å². The lowest BCUT2D eigenvalue weighted by Crippen LogP contribution is -2.16. The molecule has 90 valence electrons. The number of halogens is 1. The molecule has 0 amide bonds. The van der Waals surface area contributed by atoms with Gasteiger partial charge in [0.1, 0.15) is 5.82 Å². The minimum Gasteiger partial charge on any atom is -0.340 e. The fourth-order valence-electron chi connectivity index (χ4n) is 1.88. The van der Waals surface area contributed by atoms with Gasteiger partial charge < -0.3 is 4.57 Å². The van der Waals surface area contributed by atoms with E-state index in [2.05, 4.69) is 0 Å². The molecule has 0 radical (unpaired) electrons. The van der Waals surface area contributed by atoms with E-state index in [9.17, 15) is 9.18 Å². The molecule has 0 N–H and O–H groups in total. The number of rotatable bonds is 4. The first-order chi connectivity index (χ1) is 8.13. The van der Waals surface area contributed by atoms with Crippen LogP contribution in [0.25, 0.3) is 10.9 Å². The molecule has 17 heavy (non-hydrogen) atoms. The third-order valence-corrected chi connectivity index (χ3v) is 3.25. The maximum atomic E-state index is 13.5. The predicted octanol–water partition coefficient (Wildman–Crippen LogP) is 3.40. The molecule has 1 aromatic heterocycles. The van der Waals surface area contributed by atoms with Crippen LogP contribution in [-0.2, 0) is 11.3 Å². The summed E-state index contributed by atoms with van der Waals surface area (Å²) in [7, 11) is 0. The predicted molar refractivity (Wildman–Crippen MR) is 66.4 cm³/mol. The van der Waals surface area contributed by atoms with E-state index in [1.54, 1.807) is 18.3 Å². The average molecular weight is 233 g/mol. The number of aromatic nitrogens is 1. The SMILES string of the molecule is CCC(C)C(=O)Cn1ccc2c(F)cccc21. The molecule has 0 saturated heterocycles. The maximum Gasteiger partial charge on any atom is 0.155 e. The highest BCUT2D eigenvalue weighted by Gasteiger charge is 2.13. The normalized spacial score (nSPS) is 12.9. The van der Waals surface area contributed by atoms with E-state index in [1.807, 2.05) is 24.5 Å². The van der Waals surface area contributed by atoms with E-state index in [1.165, 1.54) is 6.07 Å². The maximum absolute atomic E-state index is 13.5. The fourth-order valence-corrected chi connectivity index (χ4v) is 1.88. The zero-order valence-corrected chi connectivity index (χ0v) is 10.1. The average Bonchev–Trinajstić information content (AvgIpc) is 2.73. The lowest BCUT2D eigenvalue weighted by atomic mass is 10.0. The zero-order valence-electron chi connectivity index (χ0n) is 10.1. The van der Waals surface area contributed by atoms with Gasteiger partial charge in [-0.2, -0.15) is 0 Å². The Hall–Kier alpha value is -1.64. The van der Waals surface area contributed by atoms with E-state index < -0.39 is 0 Å². The monoisotopic (exact) mass is 233 g/mol. The van der Waals surface area contributed by atoms with Crippen molar-refractivity contribution in [2.75, 3.05) is 0 Å². The second kappa shape index (κ2) is 4.70. The molecule has 0 spiro atoms. The standard InChI is InChI=1S/C14H16FNO/c1-3-10(2)14(17)9-16-8-7-11-12(15)5-4-6-13(11)16/h4-8,10H,3,9H2,1-2H3. The van der Waals surface area contributed by atoms with E-state index >= 15 is 0 Å². The summed E-state index contributed by atoms with van der Waals surface area (Å²) < 4.78 is 15.3. The highest BCUT2D eigenvalue weighted by molar-refractivity contribution is 5.85. The van der Waals surface area contributed by atoms with Gasteiger partial charge in [0.25, 0.3) is 0 Å². The second-order valence-electron chi connectivity index (χ2n) is 4.39. The quantitative estimate of drug-likeness (QED) is 0.793. The molecule has 1 aromatic carbocycles. The fraction of sp³-hybridized carbons (Fsp3) is 0.357. The molecule has 1 atom stereocenters. The molecule has 2 nitrogen and oxygen atoms in total. The van der Waals surface area contributed by atoms with Gasteiger partial charge in [0.15, 0.2) is 5.78 Å². The number of benzene rings is 1. The van der Waals surface area contributed by atoms with Crippen molar-refractivity contribution < 1.29 is 9.18 Å². The van der Waals surface area contributed by atoms with Gasteiger partial charge in [-0.15, -0.1) is 0 Å². The van der Waals surface area contributed by atoms with Crippen molar-refractivity contribution in [3.05, 3.63) is 36.3 Å². The van der Waals surface area contributed by atoms with Crippen molar-refractivity contribution in [1.82, 2.24) is 4.57 Å². The molecular formula is C14H16FNO. The topological polar surface area (TPSA) is 22.0 Å². The number of ketones is 1. The molecule has 0 aliphatic rings. The van der Waals surface area contributed by atoms with Crippen LogP contribution in [0.3, 0.4) is 0 Å². The Kier molecular flexibility index (Phi) is 3.27. The highest BCUT2D eigenvalue weighted by Crippen LogP contribution is 2.19. The van der Waals surface area contributed by atoms with Crippen LogP contribution in [0.1, 0.15) is 20.3 Å². The minimum atomic E-state index is -0.239. The van der Waals surface area contributed by atoms with Gasteiger partial charge in [0.05, 0.1) is 12.1 Å². The lowest BCUT2D eigenvalue weighted by Gasteiger charge is -2.09. The molecule has 1 heterocycles. The summed E-state index contributed by atoms with van der Waals surface area (Å²) in [6.07, 6.45) is 2.61. The van der Waals surface area contributed by atoms with Crippen molar-refractivity contribution in [3.8, 4) is 0 Å². The molecule has 2 aromatic rings. The first-order valence-electron chi connectivity index (χ1n) is 5.89. The second-order valence-corrected chi connectivity index (χ2v) is 4.39.